The average molecular weight is 287 g/mol. The van der Waals surface area contributed by atoms with Crippen LogP contribution < -0.4 is 5.32 Å². The molecule has 0 aromatic heterocycles. The lowest BCUT2D eigenvalue weighted by molar-refractivity contribution is -0.138. The summed E-state index contributed by atoms with van der Waals surface area (Å²) in [5, 5.41) is 11.4. The second kappa shape index (κ2) is 10.2. The summed E-state index contributed by atoms with van der Waals surface area (Å²) in [6, 6.07) is 0. The molecule has 0 spiro atoms. The first-order chi connectivity index (χ1) is 9.40. The van der Waals surface area contributed by atoms with Gasteiger partial charge in [0.15, 0.2) is 0 Å². The standard InChI is InChI=1S/C13H25N3O4/c1-4-16(5-2)12(18)10-15(8-6-13(19)20)9-7-14-11(3)17/h4-10H2,1-3H3,(H,14,17)(H,19,20). The third-order valence-electron chi connectivity index (χ3n) is 2.92. The van der Waals surface area contributed by atoms with Gasteiger partial charge in [0, 0.05) is 39.6 Å². The van der Waals surface area contributed by atoms with Gasteiger partial charge in [0.05, 0.1) is 13.0 Å². The van der Waals surface area contributed by atoms with E-state index in [0.717, 1.165) is 0 Å². The normalized spacial score (nSPS) is 10.4. The molecule has 7 nitrogen and oxygen atoms in total. The smallest absolute Gasteiger partial charge is 0.304 e. The van der Waals surface area contributed by atoms with Crippen molar-refractivity contribution in [1.82, 2.24) is 15.1 Å². The molecule has 116 valence electrons. The Labute approximate surface area is 119 Å². The first-order valence-electron chi connectivity index (χ1n) is 6.87. The van der Waals surface area contributed by atoms with Gasteiger partial charge in [0.25, 0.3) is 0 Å². The predicted molar refractivity (Wildman–Crippen MR) is 75.3 cm³/mol. The molecule has 0 aliphatic carbocycles. The van der Waals surface area contributed by atoms with Crippen molar-refractivity contribution in [2.45, 2.75) is 27.2 Å². The van der Waals surface area contributed by atoms with Gasteiger partial charge in [-0.25, -0.2) is 0 Å². The second-order valence-electron chi connectivity index (χ2n) is 4.47. The molecule has 0 fully saturated rings. The Morgan fingerprint density at radius 1 is 1.10 bits per heavy atom. The summed E-state index contributed by atoms with van der Waals surface area (Å²) in [5.74, 6) is -1.06. The molecule has 0 rings (SSSR count). The number of carboxylic acids is 1. The summed E-state index contributed by atoms with van der Waals surface area (Å²) in [6.45, 7) is 7.82. The molecule has 0 heterocycles. The molecule has 7 heteroatoms. The van der Waals surface area contributed by atoms with Crippen LogP contribution in [0, 0.1) is 0 Å². The maximum atomic E-state index is 12.0. The number of hydrogen-bond donors (Lipinski definition) is 2. The highest BCUT2D eigenvalue weighted by Gasteiger charge is 2.15. The van der Waals surface area contributed by atoms with Crippen molar-refractivity contribution in [3.63, 3.8) is 0 Å². The van der Waals surface area contributed by atoms with Crippen molar-refractivity contribution in [2.75, 3.05) is 39.3 Å². The number of aliphatic carboxylic acids is 1. The van der Waals surface area contributed by atoms with Gasteiger partial charge in [-0.2, -0.15) is 0 Å². The SMILES string of the molecule is CCN(CC)C(=O)CN(CCNC(C)=O)CCC(=O)O. The Kier molecular flexibility index (Phi) is 9.36. The van der Waals surface area contributed by atoms with Crippen LogP contribution in [0.2, 0.25) is 0 Å². The minimum absolute atomic E-state index is 0.0222. The van der Waals surface area contributed by atoms with E-state index in [1.165, 1.54) is 6.92 Å². The van der Waals surface area contributed by atoms with E-state index in [0.29, 0.717) is 32.7 Å². The maximum Gasteiger partial charge on any atom is 0.304 e. The molecule has 0 bridgehead atoms. The van der Waals surface area contributed by atoms with Gasteiger partial charge < -0.3 is 15.3 Å². The van der Waals surface area contributed by atoms with E-state index >= 15 is 0 Å². The molecule has 0 saturated carbocycles. The number of rotatable bonds is 10. The monoisotopic (exact) mass is 287 g/mol. The molecule has 2 N–H and O–H groups in total. The summed E-state index contributed by atoms with van der Waals surface area (Å²) in [5.41, 5.74) is 0. The average Bonchev–Trinajstić information content (AvgIpc) is 2.36. The first-order valence-corrected chi connectivity index (χ1v) is 6.87. The summed E-state index contributed by atoms with van der Waals surface area (Å²) in [7, 11) is 0. The van der Waals surface area contributed by atoms with Gasteiger partial charge in [0.2, 0.25) is 11.8 Å². The number of carboxylic acid groups (broad SMARTS) is 1. The molecule has 0 saturated heterocycles. The second-order valence-corrected chi connectivity index (χ2v) is 4.47. The summed E-state index contributed by atoms with van der Waals surface area (Å²) >= 11 is 0. The number of amides is 2. The molecule has 2 amide bonds. The third-order valence-corrected chi connectivity index (χ3v) is 2.92. The van der Waals surface area contributed by atoms with Crippen LogP contribution in [0.15, 0.2) is 0 Å². The van der Waals surface area contributed by atoms with Crippen LogP contribution in [-0.4, -0.2) is 72.0 Å². The Morgan fingerprint density at radius 2 is 1.70 bits per heavy atom. The number of carbonyl (C=O) groups is 3. The van der Waals surface area contributed by atoms with Crippen molar-refractivity contribution >= 4 is 17.8 Å². The molecule has 0 aliphatic heterocycles. The largest absolute Gasteiger partial charge is 0.481 e. The number of nitrogens with one attached hydrogen (secondary N) is 1. The lowest BCUT2D eigenvalue weighted by Gasteiger charge is -2.25. The van der Waals surface area contributed by atoms with E-state index in [1.807, 2.05) is 13.8 Å². The van der Waals surface area contributed by atoms with Crippen molar-refractivity contribution in [3.05, 3.63) is 0 Å². The van der Waals surface area contributed by atoms with E-state index in [1.54, 1.807) is 9.80 Å². The number of carbonyl (C=O) groups excluding carboxylic acids is 2. The van der Waals surface area contributed by atoms with Gasteiger partial charge in [0.1, 0.15) is 0 Å². The summed E-state index contributed by atoms with van der Waals surface area (Å²) in [6.07, 6.45) is -0.0222. The zero-order valence-electron chi connectivity index (χ0n) is 12.5. The minimum atomic E-state index is -0.898. The predicted octanol–water partition coefficient (Wildman–Crippen LogP) is -0.232. The number of hydrogen-bond acceptors (Lipinski definition) is 4. The molecule has 0 unspecified atom stereocenters. The van der Waals surface area contributed by atoms with Gasteiger partial charge >= 0.3 is 5.97 Å². The number of nitrogens with zero attached hydrogens (tertiary/aromatic N) is 2. The van der Waals surface area contributed by atoms with Crippen molar-refractivity contribution in [1.29, 1.82) is 0 Å². The molecule has 0 aromatic carbocycles. The molecule has 20 heavy (non-hydrogen) atoms. The van der Waals surface area contributed by atoms with E-state index in [-0.39, 0.29) is 24.8 Å². The van der Waals surface area contributed by atoms with Gasteiger partial charge in [-0.1, -0.05) is 0 Å². The maximum absolute atomic E-state index is 12.0. The highest BCUT2D eigenvalue weighted by molar-refractivity contribution is 5.78. The molecular formula is C13H25N3O4. The Bertz CT molecular complexity index is 330. The van der Waals surface area contributed by atoms with Crippen LogP contribution in [0.3, 0.4) is 0 Å². The van der Waals surface area contributed by atoms with Crippen LogP contribution in [-0.2, 0) is 14.4 Å². The zero-order valence-corrected chi connectivity index (χ0v) is 12.5. The topological polar surface area (TPSA) is 90.0 Å². The number of likely N-dealkylation sites (N-methyl/N-ethyl adjacent to an activating group) is 1. The van der Waals surface area contributed by atoms with Crippen LogP contribution in [0.4, 0.5) is 0 Å². The first kappa shape index (κ1) is 18.4. The lowest BCUT2D eigenvalue weighted by atomic mass is 10.3. The molecule has 0 aromatic rings. The van der Waals surface area contributed by atoms with Gasteiger partial charge in [-0.15, -0.1) is 0 Å². The van der Waals surface area contributed by atoms with E-state index in [2.05, 4.69) is 5.32 Å². The third kappa shape index (κ3) is 8.47. The fourth-order valence-corrected chi connectivity index (χ4v) is 1.78. The van der Waals surface area contributed by atoms with E-state index in [9.17, 15) is 14.4 Å². The summed E-state index contributed by atoms with van der Waals surface area (Å²) in [4.78, 5) is 36.9. The molecule has 0 atom stereocenters. The highest BCUT2D eigenvalue weighted by Crippen LogP contribution is 1.96. The van der Waals surface area contributed by atoms with E-state index in [4.69, 9.17) is 5.11 Å². The fraction of sp³-hybridized carbons (Fsp3) is 0.769. The quantitative estimate of drug-likeness (QED) is 0.579. The Morgan fingerprint density at radius 3 is 2.15 bits per heavy atom. The summed E-state index contributed by atoms with van der Waals surface area (Å²) < 4.78 is 0. The van der Waals surface area contributed by atoms with Crippen molar-refractivity contribution < 1.29 is 19.5 Å². The van der Waals surface area contributed by atoms with Gasteiger partial charge in [-0.3, -0.25) is 19.3 Å². The van der Waals surface area contributed by atoms with Crippen LogP contribution in [0.1, 0.15) is 27.2 Å². The minimum Gasteiger partial charge on any atom is -0.481 e. The Hall–Kier alpha value is -1.63. The van der Waals surface area contributed by atoms with Crippen molar-refractivity contribution in [3.8, 4) is 0 Å². The highest BCUT2D eigenvalue weighted by atomic mass is 16.4. The Balaban J connectivity index is 4.38. The molecular weight excluding hydrogens is 262 g/mol. The molecule has 0 aliphatic rings. The van der Waals surface area contributed by atoms with Crippen LogP contribution >= 0.6 is 0 Å². The van der Waals surface area contributed by atoms with Crippen molar-refractivity contribution in [2.24, 2.45) is 0 Å². The van der Waals surface area contributed by atoms with Gasteiger partial charge in [-0.05, 0) is 13.8 Å². The van der Waals surface area contributed by atoms with E-state index < -0.39 is 5.97 Å². The van der Waals surface area contributed by atoms with Crippen LogP contribution in [0.25, 0.3) is 0 Å². The molecule has 0 radical (unpaired) electrons. The fourth-order valence-electron chi connectivity index (χ4n) is 1.78. The zero-order chi connectivity index (χ0) is 15.5. The lowest BCUT2D eigenvalue weighted by Crippen LogP contribution is -2.43. The van der Waals surface area contributed by atoms with Crippen LogP contribution in [0.5, 0.6) is 0 Å².